The fourth-order valence-corrected chi connectivity index (χ4v) is 2.20. The molecule has 3 rings (SSSR count). The number of hydrogen-bond acceptors (Lipinski definition) is 3. The number of nitrogens with zero attached hydrogens (tertiary/aromatic N) is 3. The van der Waals surface area contributed by atoms with Crippen molar-refractivity contribution in [3.63, 3.8) is 0 Å². The molecule has 19 heavy (non-hydrogen) atoms. The molecule has 1 unspecified atom stereocenters. The molecule has 3 aromatic heterocycles. The summed E-state index contributed by atoms with van der Waals surface area (Å²) in [6.07, 6.45) is 8.68. The monoisotopic (exact) mass is 255 g/mol. The smallest absolute Gasteiger partial charge is 0.137 e. The SMILES string of the molecule is CCC(NCc1cn2ccccc2n1)c1ncc[nH]1. The highest BCUT2D eigenvalue weighted by Gasteiger charge is 2.11. The molecule has 0 fully saturated rings. The predicted octanol–water partition coefficient (Wildman–Crippen LogP) is 2.30. The van der Waals surface area contributed by atoms with Crippen molar-refractivity contribution in [3.05, 3.63) is 54.5 Å². The summed E-state index contributed by atoms with van der Waals surface area (Å²) in [7, 11) is 0. The lowest BCUT2D eigenvalue weighted by molar-refractivity contribution is 0.494. The molecular weight excluding hydrogens is 238 g/mol. The van der Waals surface area contributed by atoms with Gasteiger partial charge in [-0.3, -0.25) is 0 Å². The molecule has 0 bridgehead atoms. The van der Waals surface area contributed by atoms with E-state index >= 15 is 0 Å². The normalized spacial score (nSPS) is 12.9. The van der Waals surface area contributed by atoms with E-state index in [1.54, 1.807) is 6.20 Å². The second-order valence-electron chi connectivity index (χ2n) is 4.51. The van der Waals surface area contributed by atoms with E-state index in [-0.39, 0.29) is 6.04 Å². The molecule has 0 saturated heterocycles. The minimum Gasteiger partial charge on any atom is -0.347 e. The molecule has 0 spiro atoms. The molecule has 0 radical (unpaired) electrons. The van der Waals surface area contributed by atoms with E-state index in [0.29, 0.717) is 0 Å². The lowest BCUT2D eigenvalue weighted by atomic mass is 10.2. The number of rotatable bonds is 5. The van der Waals surface area contributed by atoms with E-state index in [9.17, 15) is 0 Å². The Morgan fingerprint density at radius 1 is 1.42 bits per heavy atom. The van der Waals surface area contributed by atoms with Gasteiger partial charge in [-0.05, 0) is 18.6 Å². The molecule has 0 aliphatic carbocycles. The van der Waals surface area contributed by atoms with Gasteiger partial charge in [0.25, 0.3) is 0 Å². The van der Waals surface area contributed by atoms with Crippen LogP contribution in [-0.2, 0) is 6.54 Å². The first-order chi connectivity index (χ1) is 9.36. The van der Waals surface area contributed by atoms with Crippen LogP contribution in [0.4, 0.5) is 0 Å². The number of imidazole rings is 2. The minimum absolute atomic E-state index is 0.236. The highest BCUT2D eigenvalue weighted by atomic mass is 15.0. The number of aromatic nitrogens is 4. The average molecular weight is 255 g/mol. The van der Waals surface area contributed by atoms with Gasteiger partial charge in [0.15, 0.2) is 0 Å². The Morgan fingerprint density at radius 2 is 2.37 bits per heavy atom. The first-order valence-electron chi connectivity index (χ1n) is 6.52. The maximum atomic E-state index is 4.57. The van der Waals surface area contributed by atoms with E-state index in [4.69, 9.17) is 0 Å². The van der Waals surface area contributed by atoms with Crippen molar-refractivity contribution >= 4 is 5.65 Å². The van der Waals surface area contributed by atoms with E-state index in [2.05, 4.69) is 33.4 Å². The van der Waals surface area contributed by atoms with Crippen LogP contribution in [0.2, 0.25) is 0 Å². The van der Waals surface area contributed by atoms with Gasteiger partial charge in [-0.1, -0.05) is 13.0 Å². The summed E-state index contributed by atoms with van der Waals surface area (Å²) in [5.41, 5.74) is 2.02. The van der Waals surface area contributed by atoms with Crippen molar-refractivity contribution in [1.29, 1.82) is 0 Å². The van der Waals surface area contributed by atoms with Gasteiger partial charge < -0.3 is 14.7 Å². The van der Waals surface area contributed by atoms with Gasteiger partial charge in [0.2, 0.25) is 0 Å². The van der Waals surface area contributed by atoms with Gasteiger partial charge in [-0.25, -0.2) is 9.97 Å². The summed E-state index contributed by atoms with van der Waals surface area (Å²) in [5.74, 6) is 0.978. The number of pyridine rings is 1. The third-order valence-corrected chi connectivity index (χ3v) is 3.20. The summed E-state index contributed by atoms with van der Waals surface area (Å²) < 4.78 is 2.03. The molecule has 1 atom stereocenters. The van der Waals surface area contributed by atoms with Gasteiger partial charge in [-0.15, -0.1) is 0 Å². The van der Waals surface area contributed by atoms with Crippen LogP contribution in [0.15, 0.2) is 43.0 Å². The second kappa shape index (κ2) is 5.24. The van der Waals surface area contributed by atoms with Gasteiger partial charge in [0.05, 0.1) is 11.7 Å². The van der Waals surface area contributed by atoms with E-state index in [1.165, 1.54) is 0 Å². The zero-order chi connectivity index (χ0) is 13.1. The van der Waals surface area contributed by atoms with Crippen molar-refractivity contribution in [2.75, 3.05) is 0 Å². The summed E-state index contributed by atoms with van der Waals surface area (Å²) >= 11 is 0. The number of H-pyrrole nitrogens is 1. The molecule has 3 heterocycles. The van der Waals surface area contributed by atoms with Crippen LogP contribution in [0.1, 0.15) is 30.9 Å². The van der Waals surface area contributed by atoms with Crippen LogP contribution in [0, 0.1) is 0 Å². The molecule has 98 valence electrons. The van der Waals surface area contributed by atoms with Crippen LogP contribution in [-0.4, -0.2) is 19.4 Å². The standard InChI is InChI=1S/C14H17N5/c1-2-12(14-15-6-7-16-14)17-9-11-10-19-8-4-3-5-13(19)18-11/h3-8,10,12,17H,2,9H2,1H3,(H,15,16). The van der Waals surface area contributed by atoms with Crippen molar-refractivity contribution < 1.29 is 0 Å². The van der Waals surface area contributed by atoms with Gasteiger partial charge >= 0.3 is 0 Å². The van der Waals surface area contributed by atoms with E-state index in [1.807, 2.05) is 35.0 Å². The molecule has 2 N–H and O–H groups in total. The van der Waals surface area contributed by atoms with E-state index < -0.39 is 0 Å². The minimum atomic E-state index is 0.236. The summed E-state index contributed by atoms with van der Waals surface area (Å²) in [6.45, 7) is 2.88. The van der Waals surface area contributed by atoms with Gasteiger partial charge in [0.1, 0.15) is 11.5 Å². The molecule has 0 aromatic carbocycles. The fraction of sp³-hybridized carbons (Fsp3) is 0.286. The van der Waals surface area contributed by atoms with E-state index in [0.717, 1.165) is 30.1 Å². The Morgan fingerprint density at radius 3 is 3.11 bits per heavy atom. The fourth-order valence-electron chi connectivity index (χ4n) is 2.20. The highest BCUT2D eigenvalue weighted by molar-refractivity contribution is 5.39. The topological polar surface area (TPSA) is 58.0 Å². The predicted molar refractivity (Wildman–Crippen MR) is 73.7 cm³/mol. The van der Waals surface area contributed by atoms with Crippen molar-refractivity contribution in [2.45, 2.75) is 25.9 Å². The Kier molecular flexibility index (Phi) is 3.29. The quantitative estimate of drug-likeness (QED) is 0.735. The third kappa shape index (κ3) is 2.51. The first kappa shape index (κ1) is 11.9. The zero-order valence-electron chi connectivity index (χ0n) is 10.9. The van der Waals surface area contributed by atoms with Crippen LogP contribution in [0.25, 0.3) is 5.65 Å². The van der Waals surface area contributed by atoms with Crippen LogP contribution < -0.4 is 5.32 Å². The van der Waals surface area contributed by atoms with Crippen LogP contribution in [0.5, 0.6) is 0 Å². The Balaban J connectivity index is 1.71. The van der Waals surface area contributed by atoms with Crippen molar-refractivity contribution in [2.24, 2.45) is 0 Å². The number of hydrogen-bond donors (Lipinski definition) is 2. The summed E-state index contributed by atoms with van der Waals surface area (Å²) in [5, 5.41) is 3.48. The molecule has 0 aliphatic heterocycles. The van der Waals surface area contributed by atoms with Crippen LogP contribution in [0.3, 0.4) is 0 Å². The lowest BCUT2D eigenvalue weighted by Crippen LogP contribution is -2.21. The number of nitrogens with one attached hydrogen (secondary N) is 2. The average Bonchev–Trinajstić information content (AvgIpc) is 3.08. The first-order valence-corrected chi connectivity index (χ1v) is 6.52. The molecule has 0 aliphatic rings. The Bertz CT molecular complexity index is 608. The maximum Gasteiger partial charge on any atom is 0.137 e. The zero-order valence-corrected chi connectivity index (χ0v) is 10.9. The molecule has 5 nitrogen and oxygen atoms in total. The Labute approximate surface area is 111 Å². The third-order valence-electron chi connectivity index (χ3n) is 3.20. The largest absolute Gasteiger partial charge is 0.347 e. The molecular formula is C14H17N5. The van der Waals surface area contributed by atoms with Crippen molar-refractivity contribution in [1.82, 2.24) is 24.7 Å². The van der Waals surface area contributed by atoms with Gasteiger partial charge in [0, 0.05) is 31.3 Å². The Hall–Kier alpha value is -2.14. The number of fused-ring (bicyclic) bond motifs is 1. The van der Waals surface area contributed by atoms with Gasteiger partial charge in [-0.2, -0.15) is 0 Å². The molecule has 0 amide bonds. The van der Waals surface area contributed by atoms with Crippen molar-refractivity contribution in [3.8, 4) is 0 Å². The number of aromatic amines is 1. The summed E-state index contributed by atoms with van der Waals surface area (Å²) in [4.78, 5) is 12.0. The molecule has 3 aromatic rings. The highest BCUT2D eigenvalue weighted by Crippen LogP contribution is 2.12. The maximum absolute atomic E-state index is 4.57. The lowest BCUT2D eigenvalue weighted by Gasteiger charge is -2.13. The summed E-state index contributed by atoms with van der Waals surface area (Å²) in [6, 6.07) is 6.24. The van der Waals surface area contributed by atoms with Crippen LogP contribution >= 0.6 is 0 Å². The second-order valence-corrected chi connectivity index (χ2v) is 4.51. The molecule has 5 heteroatoms. The molecule has 0 saturated carbocycles.